The molecule has 3 amide bonds. The van der Waals surface area contributed by atoms with Gasteiger partial charge in [-0.25, -0.2) is 4.39 Å². The van der Waals surface area contributed by atoms with Crippen LogP contribution in [0.5, 0.6) is 0 Å². The fraction of sp³-hybridized carbons (Fsp3) is 0.273. The second-order valence-corrected chi connectivity index (χ2v) is 8.20. The Morgan fingerprint density at radius 1 is 0.968 bits per heavy atom. The second-order valence-electron chi connectivity index (χ2n) is 8.20. The Kier molecular flexibility index (Phi) is 5.90. The van der Waals surface area contributed by atoms with E-state index in [0.29, 0.717) is 16.9 Å². The Morgan fingerprint density at radius 2 is 1.48 bits per heavy atom. The highest BCUT2D eigenvalue weighted by molar-refractivity contribution is 6.50. The molecule has 0 spiro atoms. The smallest absolute Gasteiger partial charge is 0.272 e. The van der Waals surface area contributed by atoms with Gasteiger partial charge in [-0.15, -0.1) is 0 Å². The Morgan fingerprint density at radius 3 is 1.97 bits per heavy atom. The van der Waals surface area contributed by atoms with Crippen molar-refractivity contribution in [2.24, 2.45) is 16.1 Å². The molecule has 1 atom stereocenters. The number of primary amides is 1. The third kappa shape index (κ3) is 4.31. The first-order chi connectivity index (χ1) is 14.5. The molecule has 3 rings (SSSR count). The summed E-state index contributed by atoms with van der Waals surface area (Å²) in [6.07, 6.45) is 0. The van der Waals surface area contributed by atoms with Gasteiger partial charge in [0.1, 0.15) is 11.5 Å². The number of carbonyl (C=O) groups is 3. The van der Waals surface area contributed by atoms with Crippen LogP contribution >= 0.6 is 0 Å². The minimum atomic E-state index is -1.39. The lowest BCUT2D eigenvalue weighted by Crippen LogP contribution is -2.67. The van der Waals surface area contributed by atoms with Crippen LogP contribution in [0.3, 0.4) is 0 Å². The molecule has 31 heavy (non-hydrogen) atoms. The van der Waals surface area contributed by atoms with Crippen molar-refractivity contribution in [1.29, 1.82) is 0 Å². The van der Waals surface area contributed by atoms with Gasteiger partial charge in [-0.1, -0.05) is 20.8 Å². The van der Waals surface area contributed by atoms with Crippen molar-refractivity contribution in [2.45, 2.75) is 26.3 Å². The molecule has 2 aromatic carbocycles. The van der Waals surface area contributed by atoms with Crippen LogP contribution in [-0.4, -0.2) is 35.6 Å². The van der Waals surface area contributed by atoms with E-state index in [2.05, 4.69) is 20.9 Å². The standard InChI is InChI=1S/C22H24FN5O3/c1-21(2,3)22(20(24)31)17(25-12-26-22)19(30)28-16-10-8-15(9-11-16)27-18(29)13-4-6-14(23)7-5-13/h4-11,26H,12H2,1-3H3,(H2,24,31)(H,27,29)(H,28,30). The summed E-state index contributed by atoms with van der Waals surface area (Å²) in [7, 11) is 0. The van der Waals surface area contributed by atoms with Crippen molar-refractivity contribution < 1.29 is 18.8 Å². The van der Waals surface area contributed by atoms with E-state index in [1.165, 1.54) is 24.3 Å². The fourth-order valence-corrected chi connectivity index (χ4v) is 3.51. The van der Waals surface area contributed by atoms with Crippen molar-refractivity contribution in [3.8, 4) is 0 Å². The number of benzene rings is 2. The summed E-state index contributed by atoms with van der Waals surface area (Å²) in [5.41, 5.74) is 4.86. The highest BCUT2D eigenvalue weighted by Gasteiger charge is 2.55. The van der Waals surface area contributed by atoms with Gasteiger partial charge in [-0.3, -0.25) is 24.7 Å². The zero-order valence-electron chi connectivity index (χ0n) is 17.5. The normalized spacial score (nSPS) is 18.3. The van der Waals surface area contributed by atoms with Crippen LogP contribution < -0.4 is 21.7 Å². The van der Waals surface area contributed by atoms with E-state index in [4.69, 9.17) is 5.73 Å². The molecule has 0 aromatic heterocycles. The van der Waals surface area contributed by atoms with Gasteiger partial charge >= 0.3 is 0 Å². The third-order valence-electron chi connectivity index (χ3n) is 5.15. The largest absolute Gasteiger partial charge is 0.368 e. The Balaban J connectivity index is 1.71. The molecule has 1 unspecified atom stereocenters. The summed E-state index contributed by atoms with van der Waals surface area (Å²) < 4.78 is 13.0. The topological polar surface area (TPSA) is 126 Å². The van der Waals surface area contributed by atoms with Gasteiger partial charge in [-0.05, 0) is 53.9 Å². The maximum atomic E-state index is 13.0. The molecule has 1 aliphatic heterocycles. The summed E-state index contributed by atoms with van der Waals surface area (Å²) in [6.45, 7) is 5.52. The van der Waals surface area contributed by atoms with Gasteiger partial charge in [0.2, 0.25) is 5.91 Å². The number of anilines is 2. The maximum Gasteiger partial charge on any atom is 0.272 e. The summed E-state index contributed by atoms with van der Waals surface area (Å²) in [5.74, 6) is -2.03. The molecule has 1 heterocycles. The van der Waals surface area contributed by atoms with Crippen LogP contribution in [-0.2, 0) is 9.59 Å². The quantitative estimate of drug-likeness (QED) is 0.586. The SMILES string of the molecule is CC(C)(C)C1(C(N)=O)NCN=C1C(=O)Nc1ccc(NC(=O)c2ccc(F)cc2)cc1. The lowest BCUT2D eigenvalue weighted by Gasteiger charge is -2.39. The minimum absolute atomic E-state index is 0.0289. The number of nitrogens with two attached hydrogens (primary N) is 1. The zero-order chi connectivity index (χ0) is 22.8. The summed E-state index contributed by atoms with van der Waals surface area (Å²) in [6, 6.07) is 11.6. The van der Waals surface area contributed by atoms with Gasteiger partial charge in [0.05, 0.1) is 6.67 Å². The molecule has 0 bridgehead atoms. The number of aliphatic imine (C=N–C) groups is 1. The number of amides is 3. The molecule has 0 saturated carbocycles. The Hall–Kier alpha value is -3.59. The molecule has 2 aromatic rings. The van der Waals surface area contributed by atoms with Crippen molar-refractivity contribution in [3.63, 3.8) is 0 Å². The number of rotatable bonds is 5. The average molecular weight is 425 g/mol. The number of halogens is 1. The number of nitrogens with zero attached hydrogens (tertiary/aromatic N) is 1. The van der Waals surface area contributed by atoms with Crippen LogP contribution in [0, 0.1) is 11.2 Å². The predicted octanol–water partition coefficient (Wildman–Crippen LogP) is 2.29. The highest BCUT2D eigenvalue weighted by Crippen LogP contribution is 2.34. The number of nitrogens with one attached hydrogen (secondary N) is 3. The van der Waals surface area contributed by atoms with Gasteiger partial charge in [0.25, 0.3) is 11.8 Å². The lowest BCUT2D eigenvalue weighted by atomic mass is 9.70. The van der Waals surface area contributed by atoms with Crippen molar-refractivity contribution in [2.75, 3.05) is 17.3 Å². The van der Waals surface area contributed by atoms with E-state index in [9.17, 15) is 18.8 Å². The summed E-state index contributed by atoms with van der Waals surface area (Å²) in [4.78, 5) is 41.5. The Labute approximate surface area is 179 Å². The zero-order valence-corrected chi connectivity index (χ0v) is 17.5. The molecule has 0 radical (unpaired) electrons. The van der Waals surface area contributed by atoms with E-state index >= 15 is 0 Å². The summed E-state index contributed by atoms with van der Waals surface area (Å²) >= 11 is 0. The number of hydrogen-bond donors (Lipinski definition) is 4. The van der Waals surface area contributed by atoms with E-state index in [1.54, 1.807) is 45.0 Å². The first-order valence-electron chi connectivity index (χ1n) is 9.63. The summed E-state index contributed by atoms with van der Waals surface area (Å²) in [5, 5.41) is 8.37. The van der Waals surface area contributed by atoms with E-state index in [-0.39, 0.29) is 18.3 Å². The molecule has 0 aliphatic carbocycles. The van der Waals surface area contributed by atoms with Crippen LogP contribution in [0.2, 0.25) is 0 Å². The number of hydrogen-bond acceptors (Lipinski definition) is 5. The number of carbonyl (C=O) groups excluding carboxylic acids is 3. The molecule has 1 aliphatic rings. The van der Waals surface area contributed by atoms with Crippen molar-refractivity contribution in [1.82, 2.24) is 5.32 Å². The molecule has 8 nitrogen and oxygen atoms in total. The van der Waals surface area contributed by atoms with Crippen LogP contribution in [0.4, 0.5) is 15.8 Å². The van der Waals surface area contributed by atoms with E-state index < -0.39 is 28.6 Å². The predicted molar refractivity (Wildman–Crippen MR) is 116 cm³/mol. The second kappa shape index (κ2) is 8.27. The highest BCUT2D eigenvalue weighted by atomic mass is 19.1. The van der Waals surface area contributed by atoms with Gasteiger partial charge in [0.15, 0.2) is 5.54 Å². The molecule has 0 saturated heterocycles. The molecular weight excluding hydrogens is 401 g/mol. The first kappa shape index (κ1) is 22.1. The van der Waals surface area contributed by atoms with E-state index in [0.717, 1.165) is 0 Å². The van der Waals surface area contributed by atoms with Crippen LogP contribution in [0.1, 0.15) is 31.1 Å². The molecular formula is C22H24FN5O3. The monoisotopic (exact) mass is 425 g/mol. The Bertz CT molecular complexity index is 1040. The molecule has 0 fully saturated rings. The van der Waals surface area contributed by atoms with Crippen LogP contribution in [0.25, 0.3) is 0 Å². The third-order valence-corrected chi connectivity index (χ3v) is 5.15. The van der Waals surface area contributed by atoms with Gasteiger partial charge in [-0.2, -0.15) is 0 Å². The minimum Gasteiger partial charge on any atom is -0.368 e. The molecule has 9 heteroatoms. The fourth-order valence-electron chi connectivity index (χ4n) is 3.51. The van der Waals surface area contributed by atoms with Gasteiger partial charge < -0.3 is 16.4 Å². The molecule has 5 N–H and O–H groups in total. The van der Waals surface area contributed by atoms with E-state index in [1.807, 2.05) is 0 Å². The van der Waals surface area contributed by atoms with Crippen molar-refractivity contribution >= 4 is 34.8 Å². The lowest BCUT2D eigenvalue weighted by molar-refractivity contribution is -0.125. The van der Waals surface area contributed by atoms with Crippen LogP contribution in [0.15, 0.2) is 53.5 Å². The van der Waals surface area contributed by atoms with Gasteiger partial charge in [0, 0.05) is 16.9 Å². The molecule has 162 valence electrons. The first-order valence-corrected chi connectivity index (χ1v) is 9.63. The average Bonchev–Trinajstić information content (AvgIpc) is 3.17. The maximum absolute atomic E-state index is 13.0. The van der Waals surface area contributed by atoms with Crippen molar-refractivity contribution in [3.05, 3.63) is 59.9 Å².